The lowest BCUT2D eigenvalue weighted by atomic mass is 10.0. The average molecular weight is 310 g/mol. The molecule has 1 unspecified atom stereocenters. The van der Waals surface area contributed by atoms with Crippen molar-refractivity contribution in [2.75, 3.05) is 5.32 Å². The third-order valence-electron chi connectivity index (χ3n) is 3.51. The lowest BCUT2D eigenvalue weighted by molar-refractivity contribution is -0.126. The van der Waals surface area contributed by atoms with Gasteiger partial charge in [0, 0.05) is 5.69 Å². The van der Waals surface area contributed by atoms with Crippen molar-refractivity contribution in [1.82, 2.24) is 0 Å². The highest BCUT2D eigenvalue weighted by Gasteiger charge is 2.16. The van der Waals surface area contributed by atoms with Gasteiger partial charge in [-0.3, -0.25) is 4.79 Å². The second-order valence-electron chi connectivity index (χ2n) is 5.66. The number of nitrogens with one attached hydrogen (secondary N) is 1. The van der Waals surface area contributed by atoms with Crippen LogP contribution < -0.4 is 5.32 Å². The molecular formula is C19H22N2O2. The Morgan fingerprint density at radius 2 is 1.74 bits per heavy atom. The van der Waals surface area contributed by atoms with Crippen molar-refractivity contribution in [3.05, 3.63) is 64.7 Å². The van der Waals surface area contributed by atoms with Gasteiger partial charge in [-0.05, 0) is 44.4 Å². The lowest BCUT2D eigenvalue weighted by Gasteiger charge is -2.15. The summed E-state index contributed by atoms with van der Waals surface area (Å²) >= 11 is 0. The number of rotatable bonds is 5. The lowest BCUT2D eigenvalue weighted by Crippen LogP contribution is -2.27. The van der Waals surface area contributed by atoms with Crippen LogP contribution in [-0.2, 0) is 9.63 Å². The molecule has 23 heavy (non-hydrogen) atoms. The van der Waals surface area contributed by atoms with Crippen LogP contribution in [-0.4, -0.2) is 18.2 Å². The van der Waals surface area contributed by atoms with Gasteiger partial charge in [0.1, 0.15) is 0 Å². The molecule has 0 aliphatic carbocycles. The predicted octanol–water partition coefficient (Wildman–Crippen LogP) is 3.99. The Morgan fingerprint density at radius 1 is 1.13 bits per heavy atom. The third-order valence-corrected chi connectivity index (χ3v) is 3.51. The average Bonchev–Trinajstić information content (AvgIpc) is 2.51. The Morgan fingerprint density at radius 3 is 2.35 bits per heavy atom. The van der Waals surface area contributed by atoms with Gasteiger partial charge in [0.15, 0.2) is 0 Å². The molecule has 2 aromatic rings. The molecule has 120 valence electrons. The highest BCUT2D eigenvalue weighted by molar-refractivity contribution is 5.95. The van der Waals surface area contributed by atoms with E-state index in [-0.39, 0.29) is 5.91 Å². The number of nitrogens with zero attached hydrogens (tertiary/aromatic N) is 1. The van der Waals surface area contributed by atoms with E-state index in [0.717, 1.165) is 22.4 Å². The van der Waals surface area contributed by atoms with Crippen LogP contribution in [0.15, 0.2) is 47.6 Å². The summed E-state index contributed by atoms with van der Waals surface area (Å²) in [6.07, 6.45) is 0.918. The van der Waals surface area contributed by atoms with E-state index in [4.69, 9.17) is 4.84 Å². The zero-order valence-corrected chi connectivity index (χ0v) is 14.0. The molecule has 0 fully saturated rings. The van der Waals surface area contributed by atoms with Crippen molar-refractivity contribution in [2.45, 2.75) is 33.8 Å². The molecule has 0 aliphatic rings. The molecule has 4 nitrogen and oxygen atoms in total. The number of oxime groups is 1. The van der Waals surface area contributed by atoms with Crippen LogP contribution in [0.4, 0.5) is 5.69 Å². The fourth-order valence-corrected chi connectivity index (χ4v) is 2.37. The standard InChI is InChI=1S/C19H22N2O2/c1-13-10-14(2)18(15(3)11-13)21-19(22)16(4)23-20-12-17-8-6-5-7-9-17/h5-12,16H,1-4H3,(H,21,22)/b20-12+. The molecule has 1 amide bonds. The van der Waals surface area contributed by atoms with Gasteiger partial charge in [0.25, 0.3) is 5.91 Å². The van der Waals surface area contributed by atoms with Crippen molar-refractivity contribution in [2.24, 2.45) is 5.16 Å². The van der Waals surface area contributed by atoms with Gasteiger partial charge in [-0.15, -0.1) is 0 Å². The van der Waals surface area contributed by atoms with Crippen LogP contribution in [0.3, 0.4) is 0 Å². The second-order valence-corrected chi connectivity index (χ2v) is 5.66. The fourth-order valence-electron chi connectivity index (χ4n) is 2.37. The van der Waals surface area contributed by atoms with Gasteiger partial charge in [-0.2, -0.15) is 0 Å². The molecule has 0 radical (unpaired) electrons. The Kier molecular flexibility index (Phi) is 5.52. The Labute approximate surface area is 137 Å². The van der Waals surface area contributed by atoms with Crippen molar-refractivity contribution in [1.29, 1.82) is 0 Å². The molecule has 2 aromatic carbocycles. The van der Waals surface area contributed by atoms with Crippen LogP contribution in [0.1, 0.15) is 29.2 Å². The number of anilines is 1. The number of amides is 1. The molecule has 1 N–H and O–H groups in total. The van der Waals surface area contributed by atoms with Gasteiger partial charge < -0.3 is 10.2 Å². The first-order valence-corrected chi connectivity index (χ1v) is 7.60. The molecular weight excluding hydrogens is 288 g/mol. The van der Waals surface area contributed by atoms with E-state index in [1.165, 1.54) is 5.56 Å². The summed E-state index contributed by atoms with van der Waals surface area (Å²) in [4.78, 5) is 17.5. The first kappa shape index (κ1) is 16.7. The normalized spacial score (nSPS) is 12.2. The highest BCUT2D eigenvalue weighted by atomic mass is 16.6. The number of aryl methyl sites for hydroxylation is 3. The summed E-state index contributed by atoms with van der Waals surface area (Å²) in [6, 6.07) is 13.7. The summed E-state index contributed by atoms with van der Waals surface area (Å²) in [5.41, 5.74) is 5.01. The van der Waals surface area contributed by atoms with Crippen molar-refractivity contribution in [3.63, 3.8) is 0 Å². The molecule has 0 bridgehead atoms. The van der Waals surface area contributed by atoms with Crippen LogP contribution in [0, 0.1) is 20.8 Å². The maximum Gasteiger partial charge on any atom is 0.268 e. The molecule has 2 rings (SSSR count). The third kappa shape index (κ3) is 4.68. The van der Waals surface area contributed by atoms with Gasteiger partial charge in [0.2, 0.25) is 6.10 Å². The molecule has 0 saturated heterocycles. The Bertz CT molecular complexity index is 686. The van der Waals surface area contributed by atoms with E-state index in [9.17, 15) is 4.79 Å². The first-order chi connectivity index (χ1) is 11.0. The summed E-state index contributed by atoms with van der Waals surface area (Å²) < 4.78 is 0. The molecule has 0 saturated carbocycles. The number of hydrogen-bond acceptors (Lipinski definition) is 3. The topological polar surface area (TPSA) is 50.7 Å². The van der Waals surface area contributed by atoms with E-state index < -0.39 is 6.10 Å². The predicted molar refractivity (Wildman–Crippen MR) is 93.9 cm³/mol. The minimum absolute atomic E-state index is 0.217. The smallest absolute Gasteiger partial charge is 0.268 e. The zero-order valence-electron chi connectivity index (χ0n) is 14.0. The molecule has 0 aromatic heterocycles. The van der Waals surface area contributed by atoms with E-state index >= 15 is 0 Å². The summed E-state index contributed by atoms with van der Waals surface area (Å²) in [6.45, 7) is 7.68. The minimum atomic E-state index is -0.671. The first-order valence-electron chi connectivity index (χ1n) is 7.60. The van der Waals surface area contributed by atoms with Crippen LogP contribution in [0.25, 0.3) is 0 Å². The Hall–Kier alpha value is -2.62. The van der Waals surface area contributed by atoms with Gasteiger partial charge >= 0.3 is 0 Å². The van der Waals surface area contributed by atoms with E-state index in [1.54, 1.807) is 13.1 Å². The molecule has 0 aliphatic heterocycles. The van der Waals surface area contributed by atoms with E-state index in [1.807, 2.05) is 63.2 Å². The number of hydrogen-bond donors (Lipinski definition) is 1. The summed E-state index contributed by atoms with van der Waals surface area (Å²) in [5, 5.41) is 6.79. The van der Waals surface area contributed by atoms with Crippen LogP contribution >= 0.6 is 0 Å². The van der Waals surface area contributed by atoms with Gasteiger partial charge in [0.05, 0.1) is 6.21 Å². The SMILES string of the molecule is Cc1cc(C)c(NC(=O)C(C)O/N=C/c2ccccc2)c(C)c1. The van der Waals surface area contributed by atoms with Crippen molar-refractivity contribution < 1.29 is 9.63 Å². The second kappa shape index (κ2) is 7.58. The van der Waals surface area contributed by atoms with Crippen LogP contribution in [0.2, 0.25) is 0 Å². The number of carbonyl (C=O) groups is 1. The van der Waals surface area contributed by atoms with Crippen LogP contribution in [0.5, 0.6) is 0 Å². The Balaban J connectivity index is 1.97. The molecule has 0 heterocycles. The molecule has 1 atom stereocenters. The highest BCUT2D eigenvalue weighted by Crippen LogP contribution is 2.22. The quantitative estimate of drug-likeness (QED) is 0.670. The largest absolute Gasteiger partial charge is 0.383 e. The van der Waals surface area contributed by atoms with Gasteiger partial charge in [-0.25, -0.2) is 0 Å². The van der Waals surface area contributed by atoms with Crippen molar-refractivity contribution >= 4 is 17.8 Å². The molecule has 4 heteroatoms. The maximum absolute atomic E-state index is 12.2. The van der Waals surface area contributed by atoms with Crippen molar-refractivity contribution in [3.8, 4) is 0 Å². The van der Waals surface area contributed by atoms with Gasteiger partial charge in [-0.1, -0.05) is 53.2 Å². The zero-order chi connectivity index (χ0) is 16.8. The summed E-state index contributed by atoms with van der Waals surface area (Å²) in [5.74, 6) is -0.217. The monoisotopic (exact) mass is 310 g/mol. The summed E-state index contributed by atoms with van der Waals surface area (Å²) in [7, 11) is 0. The number of carbonyl (C=O) groups excluding carboxylic acids is 1. The van der Waals surface area contributed by atoms with E-state index in [2.05, 4.69) is 10.5 Å². The minimum Gasteiger partial charge on any atom is -0.383 e. The molecule has 0 spiro atoms. The number of benzene rings is 2. The fraction of sp³-hybridized carbons (Fsp3) is 0.263. The van der Waals surface area contributed by atoms with E-state index in [0.29, 0.717) is 0 Å². The maximum atomic E-state index is 12.2.